The topological polar surface area (TPSA) is 76.6 Å². The van der Waals surface area contributed by atoms with Crippen molar-refractivity contribution in [3.05, 3.63) is 0 Å². The predicted molar refractivity (Wildman–Crippen MR) is 41.5 cm³/mol. The normalized spacial score (nSPS) is 14.6. The molecule has 0 rings (SSSR count). The molecule has 0 aromatic heterocycles. The van der Waals surface area contributed by atoms with Crippen molar-refractivity contribution in [1.82, 2.24) is 6.15 Å². The molecule has 0 fully saturated rings. The van der Waals surface area contributed by atoms with Gasteiger partial charge in [0.15, 0.2) is 0 Å². The maximum atomic E-state index is 12.6. The Morgan fingerprint density at radius 3 is 1.29 bits per heavy atom. The van der Waals surface area contributed by atoms with Crippen LogP contribution in [0.1, 0.15) is 6.42 Å². The Bertz CT molecular complexity index is 389. The lowest BCUT2D eigenvalue weighted by atomic mass is 9.96. The fourth-order valence-corrected chi connectivity index (χ4v) is 0.897. The lowest BCUT2D eigenvalue weighted by Gasteiger charge is -2.37. The van der Waals surface area contributed by atoms with Gasteiger partial charge in [-0.3, -0.25) is 0 Å². The number of rotatable bonds is 5. The van der Waals surface area contributed by atoms with Crippen LogP contribution in [-0.4, -0.2) is 35.8 Å². The molecule has 14 heteroatoms. The molecule has 21 heavy (non-hydrogen) atoms. The second-order valence-electron chi connectivity index (χ2n) is 3.47. The zero-order valence-corrected chi connectivity index (χ0v) is 9.68. The highest BCUT2D eigenvalue weighted by atomic mass is 19.4. The molecule has 0 radical (unpaired) electrons. The molecule has 4 N–H and O–H groups in total. The summed E-state index contributed by atoms with van der Waals surface area (Å²) in [7, 11) is 0. The number of carbonyl (C=O) groups is 1. The molecule has 3 nitrogen and oxygen atoms in total. The number of quaternary nitrogens is 1. The third-order valence-electron chi connectivity index (χ3n) is 1.97. The zero-order chi connectivity index (χ0) is 16.8. The van der Waals surface area contributed by atoms with E-state index >= 15 is 0 Å². The highest BCUT2D eigenvalue weighted by molar-refractivity contribution is 5.65. The molecule has 0 spiro atoms. The van der Waals surface area contributed by atoms with Crippen LogP contribution in [0.3, 0.4) is 0 Å². The van der Waals surface area contributed by atoms with Crippen LogP contribution < -0.4 is 11.3 Å². The number of hydrogen-bond acceptors (Lipinski definition) is 2. The van der Waals surface area contributed by atoms with Crippen LogP contribution in [0.5, 0.6) is 0 Å². The van der Waals surface area contributed by atoms with Gasteiger partial charge in [0, 0.05) is 5.97 Å². The molecule has 0 aromatic carbocycles. The molecule has 0 atom stereocenters. The number of hydrogen-bond donors (Lipinski definition) is 1. The molecule has 0 heterocycles. The van der Waals surface area contributed by atoms with E-state index in [2.05, 4.69) is 0 Å². The summed E-state index contributed by atoms with van der Waals surface area (Å²) in [5.74, 6) is -31.8. The Labute approximate surface area is 108 Å². The van der Waals surface area contributed by atoms with Crippen LogP contribution in [0.25, 0.3) is 0 Å². The quantitative estimate of drug-likeness (QED) is 0.778. The Balaban J connectivity index is 0. The maximum absolute atomic E-state index is 12.6. The van der Waals surface area contributed by atoms with E-state index in [-0.39, 0.29) is 6.15 Å². The van der Waals surface area contributed by atoms with E-state index in [1.54, 1.807) is 0 Å². The first kappa shape index (κ1) is 21.9. The number of carbonyl (C=O) groups excluding carboxylic acids is 1. The van der Waals surface area contributed by atoms with Gasteiger partial charge in [0.1, 0.15) is 0 Å². The minimum atomic E-state index is -7.59. The van der Waals surface area contributed by atoms with Gasteiger partial charge >= 0.3 is 29.9 Å². The Kier molecular flexibility index (Phi) is 5.70. The van der Waals surface area contributed by atoms with Gasteiger partial charge in [0.25, 0.3) is 0 Å². The molecule has 0 aliphatic heterocycles. The predicted octanol–water partition coefficient (Wildman–Crippen LogP) is 2.61. The maximum Gasteiger partial charge on any atom is 0.460 e. The number of alkyl halides is 11. The van der Waals surface area contributed by atoms with Crippen molar-refractivity contribution < 1.29 is 58.2 Å². The van der Waals surface area contributed by atoms with E-state index in [4.69, 9.17) is 0 Å². The van der Waals surface area contributed by atoms with Crippen molar-refractivity contribution in [3.63, 3.8) is 0 Å². The SMILES string of the molecule is O=C([O-])CC(F)(F)C(F)(F)C(F)(F)C(F)(F)C(F)(F)F.[NH4+]. The first-order valence-electron chi connectivity index (χ1n) is 4.19. The van der Waals surface area contributed by atoms with Crippen LogP contribution in [0.15, 0.2) is 0 Å². The van der Waals surface area contributed by atoms with Crippen molar-refractivity contribution in [3.8, 4) is 0 Å². The number of carboxylic acids is 1. The summed E-state index contributed by atoms with van der Waals surface area (Å²) in [5.41, 5.74) is 0. The van der Waals surface area contributed by atoms with Gasteiger partial charge in [-0.15, -0.1) is 0 Å². The van der Waals surface area contributed by atoms with E-state index in [0.717, 1.165) is 0 Å². The minimum Gasteiger partial charge on any atom is -0.550 e. The summed E-state index contributed by atoms with van der Waals surface area (Å²) in [5, 5.41) is 9.66. The number of carboxylic acid groups (broad SMARTS) is 1. The molecular weight excluding hydrogens is 339 g/mol. The van der Waals surface area contributed by atoms with Crippen LogP contribution >= 0.6 is 0 Å². The second-order valence-corrected chi connectivity index (χ2v) is 3.47. The first-order chi connectivity index (χ1) is 8.42. The smallest absolute Gasteiger partial charge is 0.460 e. The standard InChI is InChI=1S/C7H3F11O2.H3N/c8-3(9,1-2(19)20)4(10,11)5(12,13)6(14,15)7(16,17)18;/h1H2,(H,19,20);1H3. The molecule has 128 valence electrons. The molecule has 0 saturated carbocycles. The van der Waals surface area contributed by atoms with Crippen molar-refractivity contribution in [2.75, 3.05) is 0 Å². The Morgan fingerprint density at radius 2 is 1.05 bits per heavy atom. The third kappa shape index (κ3) is 3.29. The zero-order valence-electron chi connectivity index (χ0n) is 9.68. The molecule has 0 saturated heterocycles. The van der Waals surface area contributed by atoms with Gasteiger partial charge < -0.3 is 16.1 Å². The lowest BCUT2D eigenvalue weighted by molar-refractivity contribution is -0.423. The van der Waals surface area contributed by atoms with Crippen molar-refractivity contribution in [2.24, 2.45) is 0 Å². The summed E-state index contributed by atoms with van der Waals surface area (Å²) in [6.45, 7) is 0. The lowest BCUT2D eigenvalue weighted by Crippen LogP contribution is -2.66. The van der Waals surface area contributed by atoms with Crippen molar-refractivity contribution in [1.29, 1.82) is 0 Å². The van der Waals surface area contributed by atoms with Gasteiger partial charge in [-0.25, -0.2) is 0 Å². The van der Waals surface area contributed by atoms with Gasteiger partial charge in [-0.2, -0.15) is 48.3 Å². The van der Waals surface area contributed by atoms with Crippen LogP contribution in [0.2, 0.25) is 0 Å². The summed E-state index contributed by atoms with van der Waals surface area (Å²) in [6.07, 6.45) is -10.4. The van der Waals surface area contributed by atoms with Crippen LogP contribution in [0, 0.1) is 0 Å². The average molecular weight is 345 g/mol. The molecular formula is C7H6F11NO2. The minimum absolute atomic E-state index is 0. The number of aliphatic carboxylic acids is 1. The van der Waals surface area contributed by atoms with Gasteiger partial charge in [-0.1, -0.05) is 0 Å². The van der Waals surface area contributed by atoms with E-state index in [9.17, 15) is 58.2 Å². The highest BCUT2D eigenvalue weighted by Gasteiger charge is 2.86. The summed E-state index contributed by atoms with van der Waals surface area (Å²) >= 11 is 0. The van der Waals surface area contributed by atoms with Gasteiger partial charge in [-0.05, 0) is 0 Å². The van der Waals surface area contributed by atoms with Gasteiger partial charge in [0.05, 0.1) is 6.42 Å². The number of halogens is 11. The van der Waals surface area contributed by atoms with E-state index in [0.29, 0.717) is 0 Å². The van der Waals surface area contributed by atoms with Crippen LogP contribution in [-0.2, 0) is 4.79 Å². The molecule has 0 amide bonds. The first-order valence-corrected chi connectivity index (χ1v) is 4.19. The van der Waals surface area contributed by atoms with E-state index in [1.165, 1.54) is 0 Å². The summed E-state index contributed by atoms with van der Waals surface area (Å²) < 4.78 is 134. The van der Waals surface area contributed by atoms with Crippen molar-refractivity contribution in [2.45, 2.75) is 36.3 Å². The fourth-order valence-electron chi connectivity index (χ4n) is 0.897. The fraction of sp³-hybridized carbons (Fsp3) is 0.857. The molecule has 0 unspecified atom stereocenters. The van der Waals surface area contributed by atoms with E-state index in [1.807, 2.05) is 0 Å². The largest absolute Gasteiger partial charge is 0.550 e. The molecule has 0 aliphatic carbocycles. The van der Waals surface area contributed by atoms with E-state index < -0.39 is 42.3 Å². The third-order valence-corrected chi connectivity index (χ3v) is 1.97. The van der Waals surface area contributed by atoms with Gasteiger partial charge in [0.2, 0.25) is 0 Å². The molecule has 0 bridgehead atoms. The van der Waals surface area contributed by atoms with Crippen LogP contribution in [0.4, 0.5) is 48.3 Å². The monoisotopic (exact) mass is 345 g/mol. The summed E-state index contributed by atoms with van der Waals surface area (Å²) in [6, 6.07) is 0. The molecule has 0 aromatic rings. The average Bonchev–Trinajstić information content (AvgIpc) is 2.12. The Hall–Kier alpha value is -1.34. The second kappa shape index (κ2) is 5.46. The van der Waals surface area contributed by atoms with Crippen molar-refractivity contribution >= 4 is 5.97 Å². The molecule has 0 aliphatic rings. The highest BCUT2D eigenvalue weighted by Crippen LogP contribution is 2.57. The summed E-state index contributed by atoms with van der Waals surface area (Å²) in [4.78, 5) is 9.66. The Morgan fingerprint density at radius 1 is 0.714 bits per heavy atom.